The highest BCUT2D eigenvalue weighted by molar-refractivity contribution is 7.89. The fraction of sp³-hybridized carbons (Fsp3) is 0.462. The highest BCUT2D eigenvalue weighted by Crippen LogP contribution is 2.13. The molecule has 6 nitrogen and oxygen atoms in total. The lowest BCUT2D eigenvalue weighted by Crippen LogP contribution is -2.29. The lowest BCUT2D eigenvalue weighted by molar-refractivity contribution is -0.120. The minimum Gasteiger partial charge on any atom is -0.385 e. The van der Waals surface area contributed by atoms with Gasteiger partial charge in [0.1, 0.15) is 0 Å². The summed E-state index contributed by atoms with van der Waals surface area (Å²) in [5, 5.41) is 5.61. The van der Waals surface area contributed by atoms with Gasteiger partial charge in [0, 0.05) is 32.2 Å². The molecule has 0 aliphatic carbocycles. The molecule has 0 aliphatic heterocycles. The Kier molecular flexibility index (Phi) is 6.47. The van der Waals surface area contributed by atoms with Gasteiger partial charge < -0.3 is 10.6 Å². The van der Waals surface area contributed by atoms with E-state index >= 15 is 0 Å². The van der Waals surface area contributed by atoms with Crippen molar-refractivity contribution in [2.45, 2.75) is 24.7 Å². The molecule has 0 saturated carbocycles. The maximum absolute atomic E-state index is 12.0. The Morgan fingerprint density at radius 3 is 2.35 bits per heavy atom. The third-order valence-corrected chi connectivity index (χ3v) is 4.14. The third kappa shape index (κ3) is 5.18. The van der Waals surface area contributed by atoms with E-state index in [9.17, 15) is 13.2 Å². The summed E-state index contributed by atoms with van der Waals surface area (Å²) in [6, 6.07) is 6.53. The molecule has 3 N–H and O–H groups in total. The molecular formula is C13H21N3O3S. The second-order valence-electron chi connectivity index (χ2n) is 4.27. The van der Waals surface area contributed by atoms with Crippen molar-refractivity contribution in [3.8, 4) is 0 Å². The average molecular weight is 299 g/mol. The number of carbonyl (C=O) groups is 1. The summed E-state index contributed by atoms with van der Waals surface area (Å²) < 4.78 is 26.3. The average Bonchev–Trinajstić information content (AvgIpc) is 2.45. The summed E-state index contributed by atoms with van der Waals surface area (Å²) in [4.78, 5) is 11.2. The number of sulfonamides is 1. The van der Waals surface area contributed by atoms with Crippen LogP contribution in [-0.2, 0) is 14.8 Å². The lowest BCUT2D eigenvalue weighted by Gasteiger charge is -2.08. The molecule has 0 saturated heterocycles. The van der Waals surface area contributed by atoms with Crippen LogP contribution < -0.4 is 15.4 Å². The van der Waals surface area contributed by atoms with Gasteiger partial charge in [0.25, 0.3) is 0 Å². The van der Waals surface area contributed by atoms with E-state index in [-0.39, 0.29) is 23.8 Å². The van der Waals surface area contributed by atoms with Crippen LogP contribution in [0.25, 0.3) is 0 Å². The first kappa shape index (κ1) is 16.5. The van der Waals surface area contributed by atoms with Crippen molar-refractivity contribution in [3.63, 3.8) is 0 Å². The molecule has 0 aliphatic rings. The van der Waals surface area contributed by atoms with Gasteiger partial charge in [0.05, 0.1) is 4.90 Å². The van der Waals surface area contributed by atoms with E-state index in [1.807, 2.05) is 0 Å². The Morgan fingerprint density at radius 1 is 1.15 bits per heavy atom. The molecule has 0 spiro atoms. The first-order valence-electron chi connectivity index (χ1n) is 6.53. The van der Waals surface area contributed by atoms with Crippen LogP contribution >= 0.6 is 0 Å². The van der Waals surface area contributed by atoms with Crippen molar-refractivity contribution < 1.29 is 13.2 Å². The third-order valence-electron chi connectivity index (χ3n) is 2.67. The highest BCUT2D eigenvalue weighted by Gasteiger charge is 2.13. The molecule has 1 aromatic carbocycles. The van der Waals surface area contributed by atoms with Gasteiger partial charge in [-0.05, 0) is 30.7 Å². The number of hydrogen-bond acceptors (Lipinski definition) is 4. The Morgan fingerprint density at radius 2 is 1.80 bits per heavy atom. The van der Waals surface area contributed by atoms with Gasteiger partial charge in [-0.1, -0.05) is 6.92 Å². The number of benzene rings is 1. The maximum Gasteiger partial charge on any atom is 0.240 e. The van der Waals surface area contributed by atoms with E-state index in [0.717, 1.165) is 18.7 Å². The molecule has 7 heteroatoms. The van der Waals surface area contributed by atoms with Crippen molar-refractivity contribution in [1.29, 1.82) is 0 Å². The number of carbonyl (C=O) groups excluding carboxylic acids is 1. The topological polar surface area (TPSA) is 87.3 Å². The largest absolute Gasteiger partial charge is 0.385 e. The first-order valence-corrected chi connectivity index (χ1v) is 8.02. The minimum atomic E-state index is -3.56. The molecule has 0 radical (unpaired) electrons. The van der Waals surface area contributed by atoms with Gasteiger partial charge in [-0.25, -0.2) is 13.1 Å². The quantitative estimate of drug-likeness (QED) is 0.666. The van der Waals surface area contributed by atoms with E-state index in [1.54, 1.807) is 24.3 Å². The normalized spacial score (nSPS) is 11.1. The number of nitrogens with one attached hydrogen (secondary N) is 3. The van der Waals surface area contributed by atoms with Gasteiger partial charge in [0.15, 0.2) is 0 Å². The monoisotopic (exact) mass is 299 g/mol. The molecule has 20 heavy (non-hydrogen) atoms. The number of amides is 1. The molecule has 112 valence electrons. The number of hydrogen-bond donors (Lipinski definition) is 3. The van der Waals surface area contributed by atoms with Gasteiger partial charge >= 0.3 is 0 Å². The molecule has 0 atom stereocenters. The second kappa shape index (κ2) is 7.86. The van der Waals surface area contributed by atoms with Crippen molar-refractivity contribution in [1.82, 2.24) is 10.0 Å². The first-order chi connectivity index (χ1) is 9.49. The molecule has 1 rings (SSSR count). The molecule has 1 amide bonds. The van der Waals surface area contributed by atoms with E-state index in [0.29, 0.717) is 0 Å². The van der Waals surface area contributed by atoms with E-state index in [4.69, 9.17) is 0 Å². The zero-order valence-corrected chi connectivity index (χ0v) is 12.6. The molecular weight excluding hydrogens is 278 g/mol. The van der Waals surface area contributed by atoms with E-state index in [1.165, 1.54) is 7.05 Å². The molecule has 0 aromatic heterocycles. The summed E-state index contributed by atoms with van der Waals surface area (Å²) in [5.41, 5.74) is 0.885. The number of rotatable bonds is 8. The van der Waals surface area contributed by atoms with Crippen molar-refractivity contribution in [3.05, 3.63) is 24.3 Å². The van der Waals surface area contributed by atoms with Crippen LogP contribution in [0.15, 0.2) is 29.2 Å². The van der Waals surface area contributed by atoms with Crippen LogP contribution in [0.3, 0.4) is 0 Å². The highest BCUT2D eigenvalue weighted by atomic mass is 32.2. The molecule has 1 aromatic rings. The molecule has 0 heterocycles. The lowest BCUT2D eigenvalue weighted by atomic mass is 10.3. The van der Waals surface area contributed by atoms with Gasteiger partial charge in [-0.2, -0.15) is 0 Å². The molecule has 0 unspecified atom stereocenters. The van der Waals surface area contributed by atoms with E-state index in [2.05, 4.69) is 22.3 Å². The Labute approximate surface area is 120 Å². The van der Waals surface area contributed by atoms with Crippen molar-refractivity contribution in [2.24, 2.45) is 0 Å². The predicted molar refractivity (Wildman–Crippen MR) is 79.1 cm³/mol. The summed E-state index contributed by atoms with van der Waals surface area (Å²) in [7, 11) is -2.05. The SMILES string of the molecule is CCCNc1ccc(S(=O)(=O)NCCC(=O)NC)cc1. The van der Waals surface area contributed by atoms with Crippen LogP contribution in [0.5, 0.6) is 0 Å². The molecule has 0 fully saturated rings. The van der Waals surface area contributed by atoms with E-state index < -0.39 is 10.0 Å². The Hall–Kier alpha value is -1.60. The summed E-state index contributed by atoms with van der Waals surface area (Å²) in [5.74, 6) is -0.202. The van der Waals surface area contributed by atoms with Crippen LogP contribution in [0.1, 0.15) is 19.8 Å². The zero-order chi connectivity index (χ0) is 15.0. The fourth-order valence-electron chi connectivity index (χ4n) is 1.53. The Balaban J connectivity index is 2.61. The minimum absolute atomic E-state index is 0.0812. The predicted octanol–water partition coefficient (Wildman–Crippen LogP) is 0.923. The zero-order valence-electron chi connectivity index (χ0n) is 11.8. The van der Waals surface area contributed by atoms with Gasteiger partial charge in [-0.3, -0.25) is 4.79 Å². The molecule has 0 bridgehead atoms. The summed E-state index contributed by atoms with van der Waals surface area (Å²) in [6.45, 7) is 2.98. The van der Waals surface area contributed by atoms with Crippen LogP contribution in [0.4, 0.5) is 5.69 Å². The van der Waals surface area contributed by atoms with Crippen LogP contribution in [0, 0.1) is 0 Å². The second-order valence-corrected chi connectivity index (χ2v) is 6.04. The maximum atomic E-state index is 12.0. The fourth-order valence-corrected chi connectivity index (χ4v) is 2.56. The smallest absolute Gasteiger partial charge is 0.240 e. The van der Waals surface area contributed by atoms with Crippen molar-refractivity contribution in [2.75, 3.05) is 25.5 Å². The van der Waals surface area contributed by atoms with Gasteiger partial charge in [-0.15, -0.1) is 0 Å². The van der Waals surface area contributed by atoms with Crippen LogP contribution in [0.2, 0.25) is 0 Å². The summed E-state index contributed by atoms with van der Waals surface area (Å²) >= 11 is 0. The standard InChI is InChI=1S/C13H21N3O3S/c1-3-9-15-11-4-6-12(7-5-11)20(18,19)16-10-8-13(17)14-2/h4-7,15-16H,3,8-10H2,1-2H3,(H,14,17). The summed E-state index contributed by atoms with van der Waals surface area (Å²) in [6.07, 6.45) is 1.12. The Bertz CT molecular complexity index is 526. The number of anilines is 1. The van der Waals surface area contributed by atoms with Crippen LogP contribution in [-0.4, -0.2) is 34.5 Å². The van der Waals surface area contributed by atoms with Crippen molar-refractivity contribution >= 4 is 21.6 Å². The van der Waals surface area contributed by atoms with Gasteiger partial charge in [0.2, 0.25) is 15.9 Å².